The van der Waals surface area contributed by atoms with Gasteiger partial charge in [-0.3, -0.25) is 10.00 Å². The summed E-state index contributed by atoms with van der Waals surface area (Å²) in [5.41, 5.74) is 7.79. The Morgan fingerprint density at radius 3 is 2.80 bits per heavy atom. The molecule has 0 radical (unpaired) electrons. The fourth-order valence-corrected chi connectivity index (χ4v) is 2.79. The number of nitrogens with two attached hydrogens (primary N) is 1. The lowest BCUT2D eigenvalue weighted by atomic mass is 10.1. The number of rotatable bonds is 8. The third-order valence-electron chi connectivity index (χ3n) is 4.14. The fraction of sp³-hybridized carbons (Fsp3) is 0.263. The number of carboxylic acid groups (broad SMARTS) is 1. The van der Waals surface area contributed by atoms with Gasteiger partial charge in [0.15, 0.2) is 11.6 Å². The molecular weight excluding hydrogens is 395 g/mol. The maximum absolute atomic E-state index is 13.9. The number of carbonyl (C=O) groups is 1. The summed E-state index contributed by atoms with van der Waals surface area (Å²) in [7, 11) is 1.51. The first-order valence-electron chi connectivity index (χ1n) is 9.00. The first-order chi connectivity index (χ1) is 14.4. The highest BCUT2D eigenvalue weighted by molar-refractivity contribution is 5.81. The Hall–Kier alpha value is -3.73. The Morgan fingerprint density at radius 1 is 1.33 bits per heavy atom. The number of nitrogens with one attached hydrogen (secondary N) is 1. The second kappa shape index (κ2) is 9.18. The van der Waals surface area contributed by atoms with Crippen LogP contribution in [0.15, 0.2) is 30.6 Å². The molecule has 0 spiro atoms. The number of anilines is 2. The molecule has 10 nitrogen and oxygen atoms in total. The lowest BCUT2D eigenvalue weighted by Crippen LogP contribution is -2.10. The van der Waals surface area contributed by atoms with E-state index in [4.69, 9.17) is 20.3 Å². The molecule has 0 aliphatic carbocycles. The molecule has 0 bridgehead atoms. The molecule has 1 aromatic carbocycles. The Morgan fingerprint density at radius 2 is 2.13 bits per heavy atom. The van der Waals surface area contributed by atoms with Gasteiger partial charge in [0.2, 0.25) is 0 Å². The SMILES string of the molecule is CCn1cnc(-c2cc(COCc3nc(NC(=O)O)ccc3F)cc(N)c2OC)n1. The standard InChI is InChI=1S/C19H21FN6O4/c1-3-26-10-22-18(25-26)12-6-11(7-14(21)17(12)29-2)8-30-9-15-13(20)4-5-16(23-15)24-19(27)28/h4-7,10H,3,8-9,21H2,1-2H3,(H,23,24)(H,27,28). The number of amides is 1. The number of halogens is 1. The van der Waals surface area contributed by atoms with E-state index >= 15 is 0 Å². The van der Waals surface area contributed by atoms with Crippen molar-refractivity contribution in [2.45, 2.75) is 26.7 Å². The predicted molar refractivity (Wildman–Crippen MR) is 106 cm³/mol. The van der Waals surface area contributed by atoms with Gasteiger partial charge in [-0.2, -0.15) is 5.10 Å². The van der Waals surface area contributed by atoms with Gasteiger partial charge in [0.05, 0.1) is 31.6 Å². The highest BCUT2D eigenvalue weighted by Gasteiger charge is 2.16. The van der Waals surface area contributed by atoms with Crippen LogP contribution in [0.2, 0.25) is 0 Å². The first kappa shape index (κ1) is 21.0. The highest BCUT2D eigenvalue weighted by Crippen LogP contribution is 2.34. The molecule has 3 rings (SSSR count). The minimum absolute atomic E-state index is 0.0102. The van der Waals surface area contributed by atoms with Crippen LogP contribution in [0.5, 0.6) is 5.75 Å². The Balaban J connectivity index is 1.77. The van der Waals surface area contributed by atoms with Crippen molar-refractivity contribution < 1.29 is 23.8 Å². The number of hydrogen-bond donors (Lipinski definition) is 3. The summed E-state index contributed by atoms with van der Waals surface area (Å²) in [4.78, 5) is 18.9. The molecule has 0 aliphatic heterocycles. The smallest absolute Gasteiger partial charge is 0.410 e. The van der Waals surface area contributed by atoms with Crippen molar-refractivity contribution >= 4 is 17.6 Å². The van der Waals surface area contributed by atoms with Crippen molar-refractivity contribution in [2.24, 2.45) is 0 Å². The van der Waals surface area contributed by atoms with Gasteiger partial charge in [0.25, 0.3) is 0 Å². The van der Waals surface area contributed by atoms with E-state index in [0.29, 0.717) is 34.9 Å². The number of hydrogen-bond acceptors (Lipinski definition) is 7. The van der Waals surface area contributed by atoms with Crippen molar-refractivity contribution in [3.63, 3.8) is 0 Å². The second-order valence-electron chi connectivity index (χ2n) is 6.24. The molecule has 0 atom stereocenters. The molecule has 3 aromatic rings. The van der Waals surface area contributed by atoms with E-state index in [1.165, 1.54) is 13.2 Å². The largest absolute Gasteiger partial charge is 0.494 e. The monoisotopic (exact) mass is 416 g/mol. The zero-order chi connectivity index (χ0) is 21.7. The lowest BCUT2D eigenvalue weighted by Gasteiger charge is -2.12. The molecule has 0 saturated carbocycles. The molecule has 1 amide bonds. The summed E-state index contributed by atoms with van der Waals surface area (Å²) in [6, 6.07) is 5.82. The zero-order valence-electron chi connectivity index (χ0n) is 16.4. The first-order valence-corrected chi connectivity index (χ1v) is 9.00. The Bertz CT molecular complexity index is 1060. The third kappa shape index (κ3) is 4.81. The lowest BCUT2D eigenvalue weighted by molar-refractivity contribution is 0.102. The average molecular weight is 416 g/mol. The van der Waals surface area contributed by atoms with Crippen LogP contribution in [0.1, 0.15) is 18.2 Å². The van der Waals surface area contributed by atoms with E-state index in [2.05, 4.69) is 20.4 Å². The summed E-state index contributed by atoms with van der Waals surface area (Å²) in [5, 5.41) is 15.2. The Labute approximate surface area is 171 Å². The molecule has 0 unspecified atom stereocenters. The van der Waals surface area contributed by atoms with Crippen LogP contribution < -0.4 is 15.8 Å². The molecule has 30 heavy (non-hydrogen) atoms. The number of ether oxygens (including phenoxy) is 2. The van der Waals surface area contributed by atoms with Crippen LogP contribution in [-0.4, -0.2) is 38.1 Å². The molecule has 11 heteroatoms. The number of aromatic nitrogens is 4. The number of nitrogen functional groups attached to an aromatic ring is 1. The van der Waals surface area contributed by atoms with E-state index in [0.717, 1.165) is 6.07 Å². The van der Waals surface area contributed by atoms with E-state index in [1.54, 1.807) is 23.1 Å². The average Bonchev–Trinajstić information content (AvgIpc) is 3.18. The fourth-order valence-electron chi connectivity index (χ4n) is 2.79. The van der Waals surface area contributed by atoms with E-state index in [9.17, 15) is 9.18 Å². The predicted octanol–water partition coefficient (Wildman–Crippen LogP) is 2.90. The summed E-state index contributed by atoms with van der Waals surface area (Å²) in [6.45, 7) is 2.56. The van der Waals surface area contributed by atoms with Crippen molar-refractivity contribution in [2.75, 3.05) is 18.2 Å². The molecular formula is C19H21FN6O4. The second-order valence-corrected chi connectivity index (χ2v) is 6.24. The number of aryl methyl sites for hydroxylation is 1. The van der Waals surface area contributed by atoms with E-state index in [-0.39, 0.29) is 24.7 Å². The summed E-state index contributed by atoms with van der Waals surface area (Å²) in [5.74, 6) is 0.321. The van der Waals surface area contributed by atoms with Crippen LogP contribution in [0.4, 0.5) is 20.7 Å². The van der Waals surface area contributed by atoms with Gasteiger partial charge in [0.1, 0.15) is 23.7 Å². The van der Waals surface area contributed by atoms with Gasteiger partial charge in [-0.25, -0.2) is 19.2 Å². The van der Waals surface area contributed by atoms with Crippen LogP contribution >= 0.6 is 0 Å². The van der Waals surface area contributed by atoms with Crippen molar-refractivity contribution in [1.82, 2.24) is 19.7 Å². The minimum atomic E-state index is -1.29. The molecule has 4 N–H and O–H groups in total. The van der Waals surface area contributed by atoms with Gasteiger partial charge in [-0.15, -0.1) is 0 Å². The normalized spacial score (nSPS) is 10.8. The molecule has 158 valence electrons. The minimum Gasteiger partial charge on any atom is -0.494 e. The van der Waals surface area contributed by atoms with E-state index in [1.807, 2.05) is 6.92 Å². The van der Waals surface area contributed by atoms with Crippen LogP contribution in [0.25, 0.3) is 11.4 Å². The van der Waals surface area contributed by atoms with Gasteiger partial charge in [0, 0.05) is 6.54 Å². The number of nitrogens with zero attached hydrogens (tertiary/aromatic N) is 4. The van der Waals surface area contributed by atoms with Gasteiger partial charge in [-0.1, -0.05) is 0 Å². The summed E-state index contributed by atoms with van der Waals surface area (Å²) >= 11 is 0. The third-order valence-corrected chi connectivity index (χ3v) is 4.14. The van der Waals surface area contributed by atoms with Crippen LogP contribution in [0, 0.1) is 5.82 Å². The van der Waals surface area contributed by atoms with Gasteiger partial charge < -0.3 is 20.3 Å². The van der Waals surface area contributed by atoms with Gasteiger partial charge >= 0.3 is 6.09 Å². The molecule has 2 heterocycles. The molecule has 2 aromatic heterocycles. The quantitative estimate of drug-likeness (QED) is 0.477. The van der Waals surface area contributed by atoms with Crippen molar-refractivity contribution in [1.29, 1.82) is 0 Å². The number of methoxy groups -OCH3 is 1. The molecule has 0 fully saturated rings. The van der Waals surface area contributed by atoms with Gasteiger partial charge in [-0.05, 0) is 36.8 Å². The van der Waals surface area contributed by atoms with Crippen molar-refractivity contribution in [3.05, 3.63) is 47.7 Å². The summed E-state index contributed by atoms with van der Waals surface area (Å²) < 4.78 is 26.6. The molecule has 0 saturated heterocycles. The number of benzene rings is 1. The van der Waals surface area contributed by atoms with Crippen LogP contribution in [-0.2, 0) is 24.5 Å². The summed E-state index contributed by atoms with van der Waals surface area (Å²) in [6.07, 6.45) is 0.321. The zero-order valence-corrected chi connectivity index (χ0v) is 16.4. The van der Waals surface area contributed by atoms with E-state index < -0.39 is 11.9 Å². The maximum atomic E-state index is 13.9. The maximum Gasteiger partial charge on any atom is 0.410 e. The topological polar surface area (TPSA) is 137 Å². The van der Waals surface area contributed by atoms with Crippen LogP contribution in [0.3, 0.4) is 0 Å². The van der Waals surface area contributed by atoms with Crippen molar-refractivity contribution in [3.8, 4) is 17.1 Å². The highest BCUT2D eigenvalue weighted by atomic mass is 19.1. The number of pyridine rings is 1. The Kier molecular flexibility index (Phi) is 6.42. The molecule has 0 aliphatic rings.